The maximum absolute atomic E-state index is 14.2. The molecule has 184 valence electrons. The van der Waals surface area contributed by atoms with Crippen LogP contribution < -0.4 is 0 Å². The fraction of sp³-hybridized carbons (Fsp3) is 0.407. The zero-order valence-electron chi connectivity index (χ0n) is 20.0. The van der Waals surface area contributed by atoms with Crippen LogP contribution >= 0.6 is 0 Å². The number of amides is 1. The fourth-order valence-corrected chi connectivity index (χ4v) is 5.18. The van der Waals surface area contributed by atoms with E-state index in [0.29, 0.717) is 42.6 Å². The summed E-state index contributed by atoms with van der Waals surface area (Å²) in [5.74, 6) is -0.705. The molecule has 0 unspecified atom stereocenters. The molecule has 0 atom stereocenters. The Hall–Kier alpha value is -3.07. The summed E-state index contributed by atoms with van der Waals surface area (Å²) < 4.78 is 16.3. The van der Waals surface area contributed by atoms with Gasteiger partial charge in [0.05, 0.1) is 5.56 Å². The van der Waals surface area contributed by atoms with Crippen LogP contribution in [-0.4, -0.2) is 95.5 Å². The summed E-state index contributed by atoms with van der Waals surface area (Å²) in [5, 5.41) is 9.74. The molecule has 1 aromatic heterocycles. The summed E-state index contributed by atoms with van der Waals surface area (Å²) >= 11 is 0. The molecular weight excluding hydrogens is 447 g/mol. The van der Waals surface area contributed by atoms with Crippen LogP contribution in [0.1, 0.15) is 32.0 Å². The monoisotopic (exact) mass is 478 g/mol. The van der Waals surface area contributed by atoms with Gasteiger partial charge in [0.15, 0.2) is 5.78 Å². The van der Waals surface area contributed by atoms with E-state index in [2.05, 4.69) is 21.4 Å². The molecule has 0 bridgehead atoms. The van der Waals surface area contributed by atoms with E-state index in [1.165, 1.54) is 12.1 Å². The standard InChI is InChI=1S/C27H31FN4O3/c1-29-10-12-30(13-11-29)14-15-31-9-8-24-26(27(31)35)22-16-21(28)6-7-23(22)32(24)17-19-2-4-20(5-3-19)25(34)18-33/h2-7,16,33H,8-15,17-18H2,1H3. The number of aliphatic hydroxyl groups excluding tert-OH is 1. The molecule has 2 aromatic carbocycles. The molecule has 3 aromatic rings. The smallest absolute Gasteiger partial charge is 0.256 e. The maximum atomic E-state index is 14.2. The number of aliphatic hydroxyl groups is 1. The molecule has 3 heterocycles. The first-order valence-corrected chi connectivity index (χ1v) is 12.2. The molecule has 0 radical (unpaired) electrons. The largest absolute Gasteiger partial charge is 0.388 e. The fourth-order valence-electron chi connectivity index (χ4n) is 5.18. The van der Waals surface area contributed by atoms with Crippen LogP contribution in [0.2, 0.25) is 0 Å². The minimum Gasteiger partial charge on any atom is -0.388 e. The number of rotatable bonds is 7. The van der Waals surface area contributed by atoms with E-state index in [1.54, 1.807) is 18.2 Å². The summed E-state index contributed by atoms with van der Waals surface area (Å²) in [6, 6.07) is 11.8. The molecule has 0 aliphatic carbocycles. The van der Waals surface area contributed by atoms with Crippen molar-refractivity contribution < 1.29 is 19.1 Å². The number of piperazine rings is 1. The van der Waals surface area contributed by atoms with Crippen molar-refractivity contribution in [2.24, 2.45) is 0 Å². The van der Waals surface area contributed by atoms with E-state index in [4.69, 9.17) is 5.11 Å². The summed E-state index contributed by atoms with van der Waals surface area (Å²) in [4.78, 5) is 31.9. The molecular formula is C27H31FN4O3. The second kappa shape index (κ2) is 9.89. The number of ketones is 1. The van der Waals surface area contributed by atoms with Crippen molar-refractivity contribution in [3.05, 3.63) is 70.7 Å². The summed E-state index contributed by atoms with van der Waals surface area (Å²) in [7, 11) is 2.13. The Kier molecular flexibility index (Phi) is 6.69. The number of carbonyl (C=O) groups is 2. The lowest BCUT2D eigenvalue weighted by Crippen LogP contribution is -2.48. The number of carbonyl (C=O) groups excluding carboxylic acids is 2. The van der Waals surface area contributed by atoms with E-state index in [1.807, 2.05) is 17.0 Å². The third kappa shape index (κ3) is 4.74. The Labute approximate surface area is 204 Å². The van der Waals surface area contributed by atoms with Crippen molar-refractivity contribution in [1.82, 2.24) is 19.3 Å². The van der Waals surface area contributed by atoms with Gasteiger partial charge in [-0.1, -0.05) is 24.3 Å². The second-order valence-corrected chi connectivity index (χ2v) is 9.53. The first kappa shape index (κ1) is 23.7. The number of aromatic nitrogens is 1. The third-order valence-corrected chi connectivity index (χ3v) is 7.29. The van der Waals surface area contributed by atoms with Gasteiger partial charge < -0.3 is 19.5 Å². The first-order valence-electron chi connectivity index (χ1n) is 12.2. The van der Waals surface area contributed by atoms with E-state index in [-0.39, 0.29) is 17.5 Å². The average molecular weight is 479 g/mol. The van der Waals surface area contributed by atoms with Gasteiger partial charge in [0, 0.05) is 80.9 Å². The lowest BCUT2D eigenvalue weighted by molar-refractivity contribution is 0.0698. The van der Waals surface area contributed by atoms with Gasteiger partial charge in [-0.2, -0.15) is 0 Å². The van der Waals surface area contributed by atoms with Crippen molar-refractivity contribution >= 4 is 22.6 Å². The van der Waals surface area contributed by atoms with Crippen molar-refractivity contribution in [2.75, 3.05) is 59.5 Å². The van der Waals surface area contributed by atoms with Crippen molar-refractivity contribution in [3.8, 4) is 0 Å². The van der Waals surface area contributed by atoms with E-state index < -0.39 is 6.61 Å². The molecule has 0 saturated carbocycles. The Balaban J connectivity index is 1.41. The van der Waals surface area contributed by atoms with Crippen molar-refractivity contribution in [3.63, 3.8) is 0 Å². The zero-order chi connectivity index (χ0) is 24.5. The lowest BCUT2D eigenvalue weighted by atomic mass is 10.0. The number of benzene rings is 2. The SMILES string of the molecule is CN1CCN(CCN2CCc3c(c4cc(F)ccc4n3Cc3ccc(C(=O)CO)cc3)C2=O)CC1. The summed E-state index contributed by atoms with van der Waals surface area (Å²) in [5.41, 5.74) is 3.80. The highest BCUT2D eigenvalue weighted by molar-refractivity contribution is 6.09. The van der Waals surface area contributed by atoms with Gasteiger partial charge in [-0.25, -0.2) is 4.39 Å². The van der Waals surface area contributed by atoms with Crippen LogP contribution in [-0.2, 0) is 13.0 Å². The molecule has 1 N–H and O–H groups in total. The highest BCUT2D eigenvalue weighted by Gasteiger charge is 2.31. The topological polar surface area (TPSA) is 69.0 Å². The Morgan fingerprint density at radius 1 is 1.00 bits per heavy atom. The molecule has 0 spiro atoms. The zero-order valence-corrected chi connectivity index (χ0v) is 20.0. The van der Waals surface area contributed by atoms with Gasteiger partial charge in [0.1, 0.15) is 12.4 Å². The van der Waals surface area contributed by atoms with Gasteiger partial charge in [-0.05, 0) is 30.8 Å². The third-order valence-electron chi connectivity index (χ3n) is 7.29. The van der Waals surface area contributed by atoms with E-state index in [9.17, 15) is 14.0 Å². The lowest BCUT2D eigenvalue weighted by Gasteiger charge is -2.35. The number of hydrogen-bond acceptors (Lipinski definition) is 5. The van der Waals surface area contributed by atoms with Crippen LogP contribution in [0.3, 0.4) is 0 Å². The number of fused-ring (bicyclic) bond motifs is 3. The number of hydrogen-bond donors (Lipinski definition) is 1. The van der Waals surface area contributed by atoms with Gasteiger partial charge in [0.25, 0.3) is 5.91 Å². The molecule has 1 saturated heterocycles. The van der Waals surface area contributed by atoms with Gasteiger partial charge in [-0.15, -0.1) is 0 Å². The van der Waals surface area contributed by atoms with Crippen LogP contribution in [0.5, 0.6) is 0 Å². The predicted octanol–water partition coefficient (Wildman–Crippen LogP) is 2.25. The molecule has 2 aliphatic rings. The van der Waals surface area contributed by atoms with Crippen LogP contribution in [0.15, 0.2) is 42.5 Å². The quantitative estimate of drug-likeness (QED) is 0.528. The molecule has 8 heteroatoms. The maximum Gasteiger partial charge on any atom is 0.256 e. The minimum absolute atomic E-state index is 0.0291. The molecule has 35 heavy (non-hydrogen) atoms. The van der Waals surface area contributed by atoms with Crippen LogP contribution in [0, 0.1) is 5.82 Å². The van der Waals surface area contributed by atoms with E-state index in [0.717, 1.165) is 49.5 Å². The molecule has 5 rings (SSSR count). The molecule has 2 aliphatic heterocycles. The Morgan fingerprint density at radius 3 is 2.46 bits per heavy atom. The minimum atomic E-state index is -0.520. The number of nitrogens with zero attached hydrogens (tertiary/aromatic N) is 4. The van der Waals surface area contributed by atoms with Gasteiger partial charge in [0.2, 0.25) is 0 Å². The summed E-state index contributed by atoms with van der Waals surface area (Å²) in [6.45, 7) is 6.26. The number of Topliss-reactive ketones (excluding diaryl/α,β-unsaturated/α-hetero) is 1. The molecule has 7 nitrogen and oxygen atoms in total. The number of likely N-dealkylation sites (N-methyl/N-ethyl adjacent to an activating group) is 1. The Morgan fingerprint density at radius 2 is 1.74 bits per heavy atom. The second-order valence-electron chi connectivity index (χ2n) is 9.53. The number of halogens is 1. The average Bonchev–Trinajstić information content (AvgIpc) is 3.17. The summed E-state index contributed by atoms with van der Waals surface area (Å²) in [6.07, 6.45) is 0.710. The van der Waals surface area contributed by atoms with Gasteiger partial charge >= 0.3 is 0 Å². The van der Waals surface area contributed by atoms with E-state index >= 15 is 0 Å². The predicted molar refractivity (Wildman–Crippen MR) is 132 cm³/mol. The van der Waals surface area contributed by atoms with Gasteiger partial charge in [-0.3, -0.25) is 14.5 Å². The van der Waals surface area contributed by atoms with Crippen LogP contribution in [0.4, 0.5) is 4.39 Å². The van der Waals surface area contributed by atoms with Crippen molar-refractivity contribution in [1.29, 1.82) is 0 Å². The highest BCUT2D eigenvalue weighted by atomic mass is 19.1. The first-order chi connectivity index (χ1) is 16.9. The normalized spacial score (nSPS) is 17.2. The Bertz CT molecular complexity index is 1250. The van der Waals surface area contributed by atoms with Crippen LogP contribution in [0.25, 0.3) is 10.9 Å². The highest BCUT2D eigenvalue weighted by Crippen LogP contribution is 2.32. The molecule has 1 amide bonds. The van der Waals surface area contributed by atoms with Crippen molar-refractivity contribution in [2.45, 2.75) is 13.0 Å². The molecule has 1 fully saturated rings.